The molecule has 1 unspecified atom stereocenters. The van der Waals surface area contributed by atoms with Gasteiger partial charge in [0, 0.05) is 18.3 Å². The van der Waals surface area contributed by atoms with E-state index in [-0.39, 0.29) is 6.04 Å². The molecule has 0 bridgehead atoms. The Kier molecular flexibility index (Phi) is 1.46. The summed E-state index contributed by atoms with van der Waals surface area (Å²) in [6, 6.07) is 0.192. The Labute approximate surface area is 66.2 Å². The maximum atomic E-state index is 5.84. The molecule has 1 atom stereocenters. The Morgan fingerprint density at radius 3 is 3.36 bits per heavy atom. The molecule has 3 nitrogen and oxygen atoms in total. The summed E-state index contributed by atoms with van der Waals surface area (Å²) in [6.45, 7) is 3.14. The fraction of sp³-hybridized carbons (Fsp3) is 0.625. The molecule has 1 aromatic heterocycles. The number of imidazole rings is 1. The number of hydrogen-bond donors (Lipinski definition) is 1. The van der Waals surface area contributed by atoms with Crippen molar-refractivity contribution < 1.29 is 0 Å². The van der Waals surface area contributed by atoms with Crippen LogP contribution in [0.3, 0.4) is 0 Å². The van der Waals surface area contributed by atoms with Crippen LogP contribution < -0.4 is 5.73 Å². The highest BCUT2D eigenvalue weighted by atomic mass is 15.1. The second-order valence-electron chi connectivity index (χ2n) is 3.01. The Balaban J connectivity index is 2.44. The van der Waals surface area contributed by atoms with Crippen LogP contribution in [0, 0.1) is 0 Å². The van der Waals surface area contributed by atoms with E-state index in [1.165, 1.54) is 5.69 Å². The van der Waals surface area contributed by atoms with Gasteiger partial charge < -0.3 is 10.3 Å². The summed E-state index contributed by atoms with van der Waals surface area (Å²) in [5.74, 6) is 0. The van der Waals surface area contributed by atoms with Crippen molar-refractivity contribution in [2.24, 2.45) is 5.73 Å². The molecule has 1 aromatic rings. The summed E-state index contributed by atoms with van der Waals surface area (Å²) < 4.78 is 2.18. The van der Waals surface area contributed by atoms with Gasteiger partial charge in [0.1, 0.15) is 0 Å². The van der Waals surface area contributed by atoms with Crippen molar-refractivity contribution in [3.8, 4) is 0 Å². The first-order valence-electron chi connectivity index (χ1n) is 4.12. The van der Waals surface area contributed by atoms with Gasteiger partial charge in [-0.3, -0.25) is 0 Å². The lowest BCUT2D eigenvalue weighted by molar-refractivity contribution is 0.666. The van der Waals surface area contributed by atoms with E-state index < -0.39 is 0 Å². The number of nitrogens with zero attached hydrogens (tertiary/aromatic N) is 2. The molecular formula is C8H13N3. The molecule has 0 saturated carbocycles. The fourth-order valence-electron chi connectivity index (χ4n) is 1.71. The van der Waals surface area contributed by atoms with E-state index in [4.69, 9.17) is 5.73 Å². The lowest BCUT2D eigenvalue weighted by atomic mass is 10.3. The topological polar surface area (TPSA) is 43.8 Å². The highest BCUT2D eigenvalue weighted by Gasteiger charge is 2.23. The Morgan fingerprint density at radius 1 is 1.82 bits per heavy atom. The third-order valence-corrected chi connectivity index (χ3v) is 2.36. The lowest BCUT2D eigenvalue weighted by Gasteiger charge is -1.98. The Bertz CT molecular complexity index is 264. The monoisotopic (exact) mass is 151 g/mol. The van der Waals surface area contributed by atoms with Crippen molar-refractivity contribution in [2.75, 3.05) is 0 Å². The number of aromatic nitrogens is 2. The van der Waals surface area contributed by atoms with Crippen LogP contribution in [0.4, 0.5) is 0 Å². The van der Waals surface area contributed by atoms with E-state index in [1.807, 2.05) is 6.33 Å². The minimum absolute atomic E-state index is 0.192. The average molecular weight is 151 g/mol. The number of fused-ring (bicyclic) bond motifs is 1. The standard InChI is InChI=1S/C8H13N3/c1-2-11-5-10-8-6(9)3-4-7(8)11/h5-6H,2-4,9H2,1H3. The predicted octanol–water partition coefficient (Wildman–Crippen LogP) is 0.849. The Morgan fingerprint density at radius 2 is 2.64 bits per heavy atom. The zero-order valence-electron chi connectivity index (χ0n) is 6.75. The minimum Gasteiger partial charge on any atom is -0.335 e. The van der Waals surface area contributed by atoms with Crippen molar-refractivity contribution >= 4 is 0 Å². The molecule has 0 aromatic carbocycles. The first kappa shape index (κ1) is 6.85. The summed E-state index contributed by atoms with van der Waals surface area (Å²) in [5.41, 5.74) is 8.30. The molecule has 0 radical (unpaired) electrons. The molecule has 1 aliphatic rings. The molecule has 11 heavy (non-hydrogen) atoms. The largest absolute Gasteiger partial charge is 0.335 e. The van der Waals surface area contributed by atoms with Gasteiger partial charge in [-0.1, -0.05) is 0 Å². The average Bonchev–Trinajstić information content (AvgIpc) is 2.53. The molecule has 0 spiro atoms. The van der Waals surface area contributed by atoms with E-state index in [2.05, 4.69) is 16.5 Å². The third kappa shape index (κ3) is 0.878. The van der Waals surface area contributed by atoms with Crippen LogP contribution in [0.25, 0.3) is 0 Å². The van der Waals surface area contributed by atoms with Gasteiger partial charge in [-0.2, -0.15) is 0 Å². The first-order valence-corrected chi connectivity index (χ1v) is 4.12. The summed E-state index contributed by atoms with van der Waals surface area (Å²) in [4.78, 5) is 4.29. The number of aryl methyl sites for hydroxylation is 1. The maximum Gasteiger partial charge on any atom is 0.0952 e. The smallest absolute Gasteiger partial charge is 0.0952 e. The van der Waals surface area contributed by atoms with Crippen molar-refractivity contribution in [1.29, 1.82) is 0 Å². The van der Waals surface area contributed by atoms with E-state index in [0.29, 0.717) is 0 Å². The van der Waals surface area contributed by atoms with Crippen molar-refractivity contribution in [1.82, 2.24) is 9.55 Å². The normalized spacial score (nSPS) is 22.2. The molecule has 1 heterocycles. The van der Waals surface area contributed by atoms with Crippen molar-refractivity contribution in [2.45, 2.75) is 32.4 Å². The molecule has 60 valence electrons. The molecule has 0 saturated heterocycles. The number of hydrogen-bond acceptors (Lipinski definition) is 2. The van der Waals surface area contributed by atoms with Gasteiger partial charge in [-0.05, 0) is 19.8 Å². The van der Waals surface area contributed by atoms with E-state index in [1.54, 1.807) is 0 Å². The van der Waals surface area contributed by atoms with Crippen LogP contribution in [-0.4, -0.2) is 9.55 Å². The third-order valence-electron chi connectivity index (χ3n) is 2.36. The van der Waals surface area contributed by atoms with Crippen molar-refractivity contribution in [3.05, 3.63) is 17.7 Å². The molecule has 0 amide bonds. The summed E-state index contributed by atoms with van der Waals surface area (Å²) in [5, 5.41) is 0. The molecule has 1 aliphatic carbocycles. The van der Waals surface area contributed by atoms with Gasteiger partial charge in [0.05, 0.1) is 12.0 Å². The highest BCUT2D eigenvalue weighted by molar-refractivity contribution is 5.22. The number of nitrogens with two attached hydrogens (primary N) is 1. The van der Waals surface area contributed by atoms with Crippen LogP contribution in [0.2, 0.25) is 0 Å². The van der Waals surface area contributed by atoms with Gasteiger partial charge in [-0.25, -0.2) is 4.98 Å². The molecule has 0 aliphatic heterocycles. The summed E-state index contributed by atoms with van der Waals surface area (Å²) in [6.07, 6.45) is 4.06. The van der Waals surface area contributed by atoms with Gasteiger partial charge in [0.25, 0.3) is 0 Å². The number of rotatable bonds is 1. The lowest BCUT2D eigenvalue weighted by Crippen LogP contribution is -2.05. The SMILES string of the molecule is CCn1cnc2c1CCC2N. The molecule has 3 heteroatoms. The summed E-state index contributed by atoms with van der Waals surface area (Å²) in [7, 11) is 0. The summed E-state index contributed by atoms with van der Waals surface area (Å²) >= 11 is 0. The molecular weight excluding hydrogens is 138 g/mol. The van der Waals surface area contributed by atoms with Crippen LogP contribution in [0.1, 0.15) is 30.8 Å². The zero-order chi connectivity index (χ0) is 7.84. The fourth-order valence-corrected chi connectivity index (χ4v) is 1.71. The minimum atomic E-state index is 0.192. The predicted molar refractivity (Wildman–Crippen MR) is 43.2 cm³/mol. The van der Waals surface area contributed by atoms with E-state index in [0.717, 1.165) is 25.1 Å². The van der Waals surface area contributed by atoms with E-state index in [9.17, 15) is 0 Å². The van der Waals surface area contributed by atoms with Gasteiger partial charge in [0.2, 0.25) is 0 Å². The van der Waals surface area contributed by atoms with Gasteiger partial charge in [-0.15, -0.1) is 0 Å². The van der Waals surface area contributed by atoms with Crippen LogP contribution >= 0.6 is 0 Å². The van der Waals surface area contributed by atoms with Gasteiger partial charge >= 0.3 is 0 Å². The highest BCUT2D eigenvalue weighted by Crippen LogP contribution is 2.27. The van der Waals surface area contributed by atoms with E-state index >= 15 is 0 Å². The zero-order valence-corrected chi connectivity index (χ0v) is 6.75. The van der Waals surface area contributed by atoms with Crippen LogP contribution in [0.5, 0.6) is 0 Å². The molecule has 0 fully saturated rings. The van der Waals surface area contributed by atoms with Crippen LogP contribution in [-0.2, 0) is 13.0 Å². The van der Waals surface area contributed by atoms with Crippen LogP contribution in [0.15, 0.2) is 6.33 Å². The van der Waals surface area contributed by atoms with Crippen molar-refractivity contribution in [3.63, 3.8) is 0 Å². The molecule has 2 N–H and O–H groups in total. The maximum absolute atomic E-state index is 5.84. The van der Waals surface area contributed by atoms with Gasteiger partial charge in [0.15, 0.2) is 0 Å². The first-order chi connectivity index (χ1) is 5.33. The Hall–Kier alpha value is -0.830. The second kappa shape index (κ2) is 2.34. The second-order valence-corrected chi connectivity index (χ2v) is 3.01. The molecule has 2 rings (SSSR count). The quantitative estimate of drug-likeness (QED) is 0.646.